The Morgan fingerprint density at radius 3 is 2.18 bits per heavy atom. The molecule has 0 saturated heterocycles. The van der Waals surface area contributed by atoms with Crippen LogP contribution in [0.1, 0.15) is 26.5 Å². The predicted octanol–water partition coefficient (Wildman–Crippen LogP) is 2.18. The summed E-state index contributed by atoms with van der Waals surface area (Å²) < 4.78 is 14.6. The minimum absolute atomic E-state index is 0.0360. The first-order chi connectivity index (χ1) is 10.5. The SMILES string of the molecule is COC(=O)c1[o+]c(-c2ccccc2)c([O-])c(C)c1C(=O)OC. The van der Waals surface area contributed by atoms with Crippen molar-refractivity contribution in [1.82, 2.24) is 0 Å². The number of rotatable bonds is 3. The van der Waals surface area contributed by atoms with Crippen LogP contribution in [-0.4, -0.2) is 26.2 Å². The molecule has 2 rings (SSSR count). The van der Waals surface area contributed by atoms with E-state index in [2.05, 4.69) is 9.47 Å². The zero-order valence-corrected chi connectivity index (χ0v) is 12.3. The van der Waals surface area contributed by atoms with Crippen molar-refractivity contribution in [3.8, 4) is 17.1 Å². The standard InChI is InChI=1S/C16H14O6/c1-9-11(15(18)20-2)14(16(19)21-3)22-13(12(9)17)10-7-5-4-6-8-10/h4-8H,1-3H3. The van der Waals surface area contributed by atoms with E-state index in [4.69, 9.17) is 4.42 Å². The lowest BCUT2D eigenvalue weighted by atomic mass is 10.0. The molecule has 0 spiro atoms. The average Bonchev–Trinajstić information content (AvgIpc) is 2.56. The molecule has 22 heavy (non-hydrogen) atoms. The summed E-state index contributed by atoms with van der Waals surface area (Å²) in [7, 11) is 2.31. The zero-order valence-electron chi connectivity index (χ0n) is 12.3. The molecule has 0 saturated carbocycles. The summed E-state index contributed by atoms with van der Waals surface area (Å²) in [6.45, 7) is 1.43. The maximum atomic E-state index is 12.4. The molecule has 0 fully saturated rings. The topological polar surface area (TPSA) is 87.0 Å². The number of benzene rings is 1. The molecule has 2 aromatic rings. The highest BCUT2D eigenvalue weighted by molar-refractivity contribution is 6.03. The van der Waals surface area contributed by atoms with Crippen LogP contribution in [0.2, 0.25) is 0 Å². The molecule has 0 aliphatic rings. The Bertz CT molecular complexity index is 721. The molecule has 1 heterocycles. The highest BCUT2D eigenvalue weighted by Crippen LogP contribution is 2.34. The van der Waals surface area contributed by atoms with Crippen LogP contribution >= 0.6 is 0 Å². The third kappa shape index (κ3) is 2.63. The largest absolute Gasteiger partial charge is 0.866 e. The Kier molecular flexibility index (Phi) is 4.41. The third-order valence-electron chi connectivity index (χ3n) is 3.15. The molecule has 0 aliphatic heterocycles. The number of carbonyl (C=O) groups excluding carboxylic acids is 2. The second-order valence-electron chi connectivity index (χ2n) is 4.44. The van der Waals surface area contributed by atoms with E-state index in [0.717, 1.165) is 14.2 Å². The normalized spacial score (nSPS) is 10.1. The van der Waals surface area contributed by atoms with E-state index in [9.17, 15) is 14.7 Å². The van der Waals surface area contributed by atoms with Crippen molar-refractivity contribution in [3.05, 3.63) is 47.2 Å². The van der Waals surface area contributed by atoms with Crippen LogP contribution < -0.4 is 5.11 Å². The van der Waals surface area contributed by atoms with Gasteiger partial charge in [-0.05, 0) is 24.6 Å². The smallest absolute Gasteiger partial charge is 0.452 e. The molecule has 0 bridgehead atoms. The highest BCUT2D eigenvalue weighted by Gasteiger charge is 2.36. The Labute approximate surface area is 126 Å². The van der Waals surface area contributed by atoms with Gasteiger partial charge >= 0.3 is 23.5 Å². The van der Waals surface area contributed by atoms with Crippen molar-refractivity contribution in [1.29, 1.82) is 0 Å². The maximum Gasteiger partial charge on any atom is 0.452 e. The molecule has 0 radical (unpaired) electrons. The summed E-state index contributed by atoms with van der Waals surface area (Å²) >= 11 is 0. The van der Waals surface area contributed by atoms with Crippen LogP contribution in [-0.2, 0) is 9.47 Å². The zero-order chi connectivity index (χ0) is 16.3. The van der Waals surface area contributed by atoms with Gasteiger partial charge in [-0.15, -0.1) is 0 Å². The lowest BCUT2D eigenvalue weighted by Gasteiger charge is -2.12. The summed E-state index contributed by atoms with van der Waals surface area (Å²) in [5, 5.41) is 12.4. The van der Waals surface area contributed by atoms with Crippen molar-refractivity contribution in [2.45, 2.75) is 6.92 Å². The summed E-state index contributed by atoms with van der Waals surface area (Å²) in [5.41, 5.74) is 0.341. The van der Waals surface area contributed by atoms with Gasteiger partial charge < -0.3 is 14.6 Å². The maximum absolute atomic E-state index is 12.4. The van der Waals surface area contributed by atoms with Gasteiger partial charge in [-0.3, -0.25) is 0 Å². The number of methoxy groups -OCH3 is 2. The van der Waals surface area contributed by atoms with Gasteiger partial charge in [-0.1, -0.05) is 18.2 Å². The monoisotopic (exact) mass is 302 g/mol. The summed E-state index contributed by atoms with van der Waals surface area (Å²) in [6.07, 6.45) is 0. The fourth-order valence-corrected chi connectivity index (χ4v) is 2.02. The van der Waals surface area contributed by atoms with Gasteiger partial charge in [0.05, 0.1) is 19.8 Å². The van der Waals surface area contributed by atoms with Gasteiger partial charge in [0.1, 0.15) is 0 Å². The predicted molar refractivity (Wildman–Crippen MR) is 75.4 cm³/mol. The molecular weight excluding hydrogens is 288 g/mol. The lowest BCUT2D eigenvalue weighted by Crippen LogP contribution is -2.16. The molecule has 6 nitrogen and oxygen atoms in total. The van der Waals surface area contributed by atoms with Crippen LogP contribution in [0.4, 0.5) is 0 Å². The lowest BCUT2D eigenvalue weighted by molar-refractivity contribution is -0.269. The van der Waals surface area contributed by atoms with E-state index >= 15 is 0 Å². The summed E-state index contributed by atoms with van der Waals surface area (Å²) in [4.78, 5) is 23.7. The van der Waals surface area contributed by atoms with Gasteiger partial charge in [-0.2, -0.15) is 4.42 Å². The van der Waals surface area contributed by atoms with E-state index in [1.807, 2.05) is 0 Å². The Hall–Kier alpha value is -2.89. The second kappa shape index (κ2) is 6.26. The van der Waals surface area contributed by atoms with E-state index in [1.54, 1.807) is 30.3 Å². The van der Waals surface area contributed by atoms with Gasteiger partial charge in [0.2, 0.25) is 0 Å². The van der Waals surface area contributed by atoms with Crippen LogP contribution in [0, 0.1) is 6.92 Å². The molecule has 0 aliphatic carbocycles. The minimum Gasteiger partial charge on any atom is -0.866 e. The first-order valence-electron chi connectivity index (χ1n) is 6.41. The first kappa shape index (κ1) is 15.5. The Morgan fingerprint density at radius 1 is 1.05 bits per heavy atom. The minimum atomic E-state index is -0.860. The van der Waals surface area contributed by atoms with Gasteiger partial charge in [-0.25, -0.2) is 9.59 Å². The van der Waals surface area contributed by atoms with Gasteiger partial charge in [0.15, 0.2) is 5.56 Å². The number of ether oxygens (including phenoxy) is 2. The highest BCUT2D eigenvalue weighted by atomic mass is 16.5. The van der Waals surface area contributed by atoms with Crippen LogP contribution in [0.15, 0.2) is 34.7 Å². The average molecular weight is 302 g/mol. The number of esters is 2. The number of carbonyl (C=O) groups is 2. The quantitative estimate of drug-likeness (QED) is 0.638. The molecule has 1 aromatic heterocycles. The fourth-order valence-electron chi connectivity index (χ4n) is 2.02. The Morgan fingerprint density at radius 2 is 1.64 bits per heavy atom. The Balaban J connectivity index is 2.77. The van der Waals surface area contributed by atoms with Crippen LogP contribution in [0.25, 0.3) is 11.3 Å². The molecule has 114 valence electrons. The van der Waals surface area contributed by atoms with Crippen molar-refractivity contribution in [3.63, 3.8) is 0 Å². The van der Waals surface area contributed by atoms with E-state index in [-0.39, 0.29) is 22.6 Å². The molecular formula is C16H14O6. The summed E-state index contributed by atoms with van der Waals surface area (Å²) in [6, 6.07) is 8.57. The number of hydrogen-bond acceptors (Lipinski definition) is 5. The summed E-state index contributed by atoms with van der Waals surface area (Å²) in [5.74, 6) is -2.57. The number of hydrogen-bond donors (Lipinski definition) is 0. The van der Waals surface area contributed by atoms with Crippen molar-refractivity contribution in [2.75, 3.05) is 14.2 Å². The first-order valence-corrected chi connectivity index (χ1v) is 6.41. The molecule has 0 atom stereocenters. The molecule has 6 heteroatoms. The third-order valence-corrected chi connectivity index (χ3v) is 3.15. The van der Waals surface area contributed by atoms with Gasteiger partial charge in [0.25, 0.3) is 0 Å². The van der Waals surface area contributed by atoms with Crippen molar-refractivity contribution < 1.29 is 28.6 Å². The fraction of sp³-hybridized carbons (Fsp3) is 0.188. The van der Waals surface area contributed by atoms with Crippen LogP contribution in [0.5, 0.6) is 5.75 Å². The van der Waals surface area contributed by atoms with Gasteiger partial charge in [0, 0.05) is 5.75 Å². The molecule has 0 amide bonds. The van der Waals surface area contributed by atoms with E-state index in [0.29, 0.717) is 5.56 Å². The van der Waals surface area contributed by atoms with Crippen molar-refractivity contribution >= 4 is 11.9 Å². The molecule has 0 N–H and O–H groups in total. The molecule has 1 aromatic carbocycles. The van der Waals surface area contributed by atoms with E-state index < -0.39 is 17.7 Å². The van der Waals surface area contributed by atoms with Crippen LogP contribution in [0.3, 0.4) is 0 Å². The second-order valence-corrected chi connectivity index (χ2v) is 4.44. The van der Waals surface area contributed by atoms with Crippen molar-refractivity contribution in [2.24, 2.45) is 0 Å². The van der Waals surface area contributed by atoms with E-state index in [1.165, 1.54) is 6.92 Å². The molecule has 0 unspecified atom stereocenters.